The van der Waals surface area contributed by atoms with Crippen LogP contribution in [0.25, 0.3) is 16.6 Å². The van der Waals surface area contributed by atoms with Gasteiger partial charge in [0.1, 0.15) is 11.5 Å². The van der Waals surface area contributed by atoms with Crippen LogP contribution in [0.1, 0.15) is 16.3 Å². The van der Waals surface area contributed by atoms with Crippen molar-refractivity contribution >= 4 is 16.8 Å². The summed E-state index contributed by atoms with van der Waals surface area (Å²) in [6, 6.07) is 1.70. The lowest BCUT2D eigenvalue weighted by Gasteiger charge is -2.01. The first-order valence-electron chi connectivity index (χ1n) is 5.58. The maximum atomic E-state index is 11.4. The number of rotatable bonds is 2. The molecule has 0 aliphatic carbocycles. The Hall–Kier alpha value is -2.83. The van der Waals surface area contributed by atoms with Crippen LogP contribution in [0.3, 0.4) is 0 Å². The third-order valence-corrected chi connectivity index (χ3v) is 2.73. The molecule has 3 rings (SSSR count). The van der Waals surface area contributed by atoms with Crippen LogP contribution in [0, 0.1) is 6.92 Å². The Kier molecular flexibility index (Phi) is 2.45. The normalized spacial score (nSPS) is 10.8. The molecule has 2 N–H and O–H groups in total. The minimum absolute atomic E-state index is 0.206. The molecule has 0 fully saturated rings. The molecule has 0 aromatic carbocycles. The zero-order valence-electron chi connectivity index (χ0n) is 10.1. The second-order valence-corrected chi connectivity index (χ2v) is 4.01. The molecule has 0 saturated heterocycles. The number of carbonyl (C=O) groups is 1. The second-order valence-electron chi connectivity index (χ2n) is 4.01. The van der Waals surface area contributed by atoms with E-state index < -0.39 is 5.91 Å². The van der Waals surface area contributed by atoms with Crippen LogP contribution >= 0.6 is 0 Å². The molecule has 3 aromatic heterocycles. The van der Waals surface area contributed by atoms with E-state index in [2.05, 4.69) is 20.1 Å². The molecule has 0 radical (unpaired) electrons. The summed E-state index contributed by atoms with van der Waals surface area (Å²) < 4.78 is 1.56. The number of aryl methyl sites for hydroxylation is 1. The van der Waals surface area contributed by atoms with Gasteiger partial charge in [0.25, 0.3) is 5.91 Å². The number of nitrogens with two attached hydrogens (primary N) is 1. The highest BCUT2D eigenvalue weighted by Crippen LogP contribution is 2.20. The van der Waals surface area contributed by atoms with Crippen molar-refractivity contribution in [2.75, 3.05) is 0 Å². The number of fused-ring (bicyclic) bond motifs is 1. The van der Waals surface area contributed by atoms with Crippen LogP contribution in [0.4, 0.5) is 0 Å². The van der Waals surface area contributed by atoms with Gasteiger partial charge in [-0.05, 0) is 13.0 Å². The van der Waals surface area contributed by atoms with Gasteiger partial charge >= 0.3 is 0 Å². The molecule has 94 valence electrons. The van der Waals surface area contributed by atoms with Crippen LogP contribution in [0.15, 0.2) is 30.9 Å². The van der Waals surface area contributed by atoms with Crippen molar-refractivity contribution in [2.45, 2.75) is 6.92 Å². The highest BCUT2D eigenvalue weighted by atomic mass is 16.1. The van der Waals surface area contributed by atoms with Gasteiger partial charge in [0.2, 0.25) is 0 Å². The Labute approximate surface area is 108 Å². The van der Waals surface area contributed by atoms with Gasteiger partial charge in [0.05, 0.1) is 24.1 Å². The van der Waals surface area contributed by atoms with Crippen LogP contribution in [-0.4, -0.2) is 30.6 Å². The van der Waals surface area contributed by atoms with Gasteiger partial charge < -0.3 is 5.73 Å². The predicted molar refractivity (Wildman–Crippen MR) is 67.7 cm³/mol. The minimum Gasteiger partial charge on any atom is -0.364 e. The smallest absolute Gasteiger partial charge is 0.269 e. The summed E-state index contributed by atoms with van der Waals surface area (Å²) in [6.07, 6.45) is 6.47. The average Bonchev–Trinajstić information content (AvgIpc) is 2.79. The molecule has 19 heavy (non-hydrogen) atoms. The van der Waals surface area contributed by atoms with Crippen LogP contribution in [-0.2, 0) is 0 Å². The summed E-state index contributed by atoms with van der Waals surface area (Å²) in [4.78, 5) is 23.7. The van der Waals surface area contributed by atoms with Crippen molar-refractivity contribution in [3.05, 3.63) is 42.4 Å². The van der Waals surface area contributed by atoms with E-state index in [0.29, 0.717) is 22.4 Å². The molecule has 3 heterocycles. The molecule has 0 aliphatic rings. The lowest BCUT2D eigenvalue weighted by Crippen LogP contribution is -2.12. The van der Waals surface area contributed by atoms with Gasteiger partial charge in [-0.3, -0.25) is 9.78 Å². The highest BCUT2D eigenvalue weighted by Gasteiger charge is 2.15. The van der Waals surface area contributed by atoms with Gasteiger partial charge in [0.15, 0.2) is 5.69 Å². The first-order valence-corrected chi connectivity index (χ1v) is 5.58. The van der Waals surface area contributed by atoms with E-state index in [9.17, 15) is 4.79 Å². The topological polar surface area (TPSA) is 99.6 Å². The van der Waals surface area contributed by atoms with E-state index in [1.807, 2.05) is 0 Å². The predicted octanol–water partition coefficient (Wildman–Crippen LogP) is 0.618. The molecule has 1 amide bonds. The maximum absolute atomic E-state index is 11.4. The fourth-order valence-corrected chi connectivity index (χ4v) is 1.84. The number of hydrogen-bond acceptors (Lipinski definition) is 5. The van der Waals surface area contributed by atoms with Gasteiger partial charge in [-0.2, -0.15) is 5.10 Å². The number of primary amides is 1. The van der Waals surface area contributed by atoms with E-state index in [1.165, 1.54) is 0 Å². The summed E-state index contributed by atoms with van der Waals surface area (Å²) in [5.41, 5.74) is 6.87. The lowest BCUT2D eigenvalue weighted by atomic mass is 10.2. The highest BCUT2D eigenvalue weighted by molar-refractivity contribution is 6.04. The summed E-state index contributed by atoms with van der Waals surface area (Å²) in [5.74, 6) is 0.0800. The molecule has 0 bridgehead atoms. The van der Waals surface area contributed by atoms with Gasteiger partial charge in [0, 0.05) is 11.6 Å². The Morgan fingerprint density at radius 2 is 2.00 bits per heavy atom. The average molecular weight is 254 g/mol. The molecule has 7 nitrogen and oxygen atoms in total. The van der Waals surface area contributed by atoms with E-state index in [4.69, 9.17) is 5.73 Å². The number of aromatic nitrogens is 5. The first-order chi connectivity index (χ1) is 9.16. The Balaban J connectivity index is 2.29. The summed E-state index contributed by atoms with van der Waals surface area (Å²) in [7, 11) is 0. The molecule has 0 spiro atoms. The van der Waals surface area contributed by atoms with Crippen molar-refractivity contribution in [1.82, 2.24) is 24.7 Å². The van der Waals surface area contributed by atoms with E-state index in [0.717, 1.165) is 0 Å². The molecule has 3 aromatic rings. The van der Waals surface area contributed by atoms with Crippen LogP contribution < -0.4 is 5.73 Å². The van der Waals surface area contributed by atoms with Crippen LogP contribution in [0.5, 0.6) is 0 Å². The van der Waals surface area contributed by atoms with Crippen molar-refractivity contribution in [1.29, 1.82) is 0 Å². The Morgan fingerprint density at radius 1 is 1.26 bits per heavy atom. The summed E-state index contributed by atoms with van der Waals surface area (Å²) in [5, 5.41) is 4.87. The number of nitrogens with zero attached hydrogens (tertiary/aromatic N) is 5. The fraction of sp³-hybridized carbons (Fsp3) is 0.0833. The zero-order chi connectivity index (χ0) is 13.4. The third-order valence-electron chi connectivity index (χ3n) is 2.73. The van der Waals surface area contributed by atoms with Crippen molar-refractivity contribution < 1.29 is 4.79 Å². The van der Waals surface area contributed by atoms with Crippen molar-refractivity contribution in [2.24, 2.45) is 5.73 Å². The van der Waals surface area contributed by atoms with Gasteiger partial charge in [-0.15, -0.1) is 0 Å². The van der Waals surface area contributed by atoms with E-state index in [1.54, 1.807) is 42.5 Å². The molecule has 0 unspecified atom stereocenters. The van der Waals surface area contributed by atoms with Gasteiger partial charge in [-0.1, -0.05) is 0 Å². The first kappa shape index (κ1) is 11.3. The molecule has 0 atom stereocenters. The van der Waals surface area contributed by atoms with E-state index in [-0.39, 0.29) is 5.69 Å². The summed E-state index contributed by atoms with van der Waals surface area (Å²) in [6.45, 7) is 1.79. The van der Waals surface area contributed by atoms with Crippen molar-refractivity contribution in [3.8, 4) is 5.69 Å². The number of pyridine rings is 1. The minimum atomic E-state index is -0.581. The van der Waals surface area contributed by atoms with E-state index >= 15 is 0 Å². The number of amides is 1. The van der Waals surface area contributed by atoms with Crippen molar-refractivity contribution in [3.63, 3.8) is 0 Å². The Morgan fingerprint density at radius 3 is 2.68 bits per heavy atom. The standard InChI is InChI=1S/C12H10N6O/c1-7-15-4-8(5-16-7)18-10-6-14-3-2-9(10)11(17-18)12(13)19/h2-6H,1H3,(H2,13,19). The molecular weight excluding hydrogens is 244 g/mol. The molecule has 7 heteroatoms. The monoisotopic (exact) mass is 254 g/mol. The quantitative estimate of drug-likeness (QED) is 0.722. The third kappa shape index (κ3) is 1.81. The van der Waals surface area contributed by atoms with Crippen LogP contribution in [0.2, 0.25) is 0 Å². The number of hydrogen-bond donors (Lipinski definition) is 1. The molecular formula is C12H10N6O. The largest absolute Gasteiger partial charge is 0.364 e. The maximum Gasteiger partial charge on any atom is 0.269 e. The SMILES string of the molecule is Cc1ncc(-n2nc(C(N)=O)c3ccncc32)cn1. The number of carbonyl (C=O) groups excluding carboxylic acids is 1. The lowest BCUT2D eigenvalue weighted by molar-refractivity contribution is 0.0996. The molecule has 0 aliphatic heterocycles. The van der Waals surface area contributed by atoms with Gasteiger partial charge in [-0.25, -0.2) is 14.6 Å². The Bertz CT molecular complexity index is 761. The summed E-state index contributed by atoms with van der Waals surface area (Å²) >= 11 is 0. The molecule has 0 saturated carbocycles. The fourth-order valence-electron chi connectivity index (χ4n) is 1.84. The zero-order valence-corrected chi connectivity index (χ0v) is 10.1. The second kappa shape index (κ2) is 4.13.